The highest BCUT2D eigenvalue weighted by atomic mass is 79.9. The molecule has 0 unspecified atom stereocenters. The minimum atomic E-state index is 0.642. The number of aromatic nitrogens is 3. The molecule has 0 bridgehead atoms. The monoisotopic (exact) mass is 487 g/mol. The van der Waals surface area contributed by atoms with E-state index in [4.69, 9.17) is 15.0 Å². The Morgan fingerprint density at radius 3 is 1.82 bits per heavy atom. The Kier molecular flexibility index (Phi) is 4.93. The highest BCUT2D eigenvalue weighted by Crippen LogP contribution is 2.35. The van der Waals surface area contributed by atoms with E-state index in [1.54, 1.807) is 0 Å². The van der Waals surface area contributed by atoms with Gasteiger partial charge in [0, 0.05) is 21.2 Å². The van der Waals surface area contributed by atoms with Crippen molar-refractivity contribution in [3.63, 3.8) is 0 Å². The van der Waals surface area contributed by atoms with Crippen LogP contribution < -0.4 is 0 Å². The zero-order valence-corrected chi connectivity index (χ0v) is 19.2. The number of rotatable bonds is 3. The van der Waals surface area contributed by atoms with Crippen molar-refractivity contribution in [3.05, 3.63) is 114 Å². The van der Waals surface area contributed by atoms with Gasteiger partial charge in [-0.05, 0) is 33.7 Å². The molecule has 0 amide bonds. The lowest BCUT2D eigenvalue weighted by Crippen LogP contribution is -2.01. The first-order valence-electron chi connectivity index (χ1n) is 10.8. The third kappa shape index (κ3) is 3.59. The molecule has 0 aliphatic rings. The Hall–Kier alpha value is -3.89. The zero-order chi connectivity index (χ0) is 22.2. The number of hydrogen-bond acceptors (Lipinski definition) is 3. The van der Waals surface area contributed by atoms with E-state index < -0.39 is 0 Å². The van der Waals surface area contributed by atoms with Gasteiger partial charge in [0.15, 0.2) is 17.5 Å². The Balaban J connectivity index is 1.68. The molecule has 33 heavy (non-hydrogen) atoms. The van der Waals surface area contributed by atoms with E-state index in [1.165, 1.54) is 10.8 Å². The second kappa shape index (κ2) is 8.23. The molecule has 0 fully saturated rings. The van der Waals surface area contributed by atoms with Crippen LogP contribution in [0.2, 0.25) is 0 Å². The number of halogens is 1. The molecule has 0 radical (unpaired) electrons. The average Bonchev–Trinajstić information content (AvgIpc) is 2.89. The molecule has 1 aromatic heterocycles. The third-order valence-corrected chi connectivity index (χ3v) is 6.48. The van der Waals surface area contributed by atoms with Crippen molar-refractivity contribution in [2.75, 3.05) is 0 Å². The topological polar surface area (TPSA) is 38.7 Å². The molecule has 5 aromatic carbocycles. The SMILES string of the molecule is Brc1ccccc1-c1nc(-c2ccccc2)nc(-c2cc3ccccc3c3ccccc23)n1. The van der Waals surface area contributed by atoms with Crippen molar-refractivity contribution in [1.29, 1.82) is 0 Å². The molecule has 0 saturated heterocycles. The van der Waals surface area contributed by atoms with Crippen LogP contribution in [-0.4, -0.2) is 15.0 Å². The van der Waals surface area contributed by atoms with Crippen molar-refractivity contribution < 1.29 is 0 Å². The van der Waals surface area contributed by atoms with Crippen LogP contribution in [-0.2, 0) is 0 Å². The van der Waals surface area contributed by atoms with Gasteiger partial charge in [-0.25, -0.2) is 15.0 Å². The fourth-order valence-corrected chi connectivity index (χ4v) is 4.68. The minimum Gasteiger partial charge on any atom is -0.208 e. The quantitative estimate of drug-likeness (QED) is 0.237. The van der Waals surface area contributed by atoms with Crippen molar-refractivity contribution in [3.8, 4) is 34.2 Å². The second-order valence-corrected chi connectivity index (χ2v) is 8.70. The van der Waals surface area contributed by atoms with E-state index in [-0.39, 0.29) is 0 Å². The summed E-state index contributed by atoms with van der Waals surface area (Å²) in [4.78, 5) is 14.8. The first-order chi connectivity index (χ1) is 16.3. The van der Waals surface area contributed by atoms with E-state index in [9.17, 15) is 0 Å². The summed E-state index contributed by atoms with van der Waals surface area (Å²) in [6.45, 7) is 0. The Morgan fingerprint density at radius 1 is 0.455 bits per heavy atom. The summed E-state index contributed by atoms with van der Waals surface area (Å²) in [5, 5.41) is 4.70. The zero-order valence-electron chi connectivity index (χ0n) is 17.6. The predicted octanol–water partition coefficient (Wildman–Crippen LogP) is 7.94. The lowest BCUT2D eigenvalue weighted by molar-refractivity contribution is 1.07. The van der Waals surface area contributed by atoms with E-state index in [0.29, 0.717) is 17.5 Å². The minimum absolute atomic E-state index is 0.642. The van der Waals surface area contributed by atoms with Gasteiger partial charge in [0.1, 0.15) is 0 Å². The van der Waals surface area contributed by atoms with E-state index in [1.807, 2.05) is 54.6 Å². The van der Waals surface area contributed by atoms with Gasteiger partial charge in [-0.3, -0.25) is 0 Å². The maximum atomic E-state index is 4.96. The average molecular weight is 488 g/mol. The first-order valence-corrected chi connectivity index (χ1v) is 11.5. The molecule has 4 heteroatoms. The molecule has 0 spiro atoms. The van der Waals surface area contributed by atoms with Gasteiger partial charge in [0.2, 0.25) is 0 Å². The van der Waals surface area contributed by atoms with Gasteiger partial charge in [-0.15, -0.1) is 0 Å². The summed E-state index contributed by atoms with van der Waals surface area (Å²) in [7, 11) is 0. The van der Waals surface area contributed by atoms with Gasteiger partial charge in [-0.1, -0.05) is 113 Å². The normalized spacial score (nSPS) is 11.2. The molecular formula is C29H18BrN3. The standard InChI is InChI=1S/C29H18BrN3/c30-26-17-9-8-16-24(26)28-31-27(19-10-2-1-3-11-19)32-29(33-28)25-18-20-12-4-5-13-21(20)22-14-6-7-15-23(22)25/h1-18H. The summed E-state index contributed by atoms with van der Waals surface area (Å²) < 4.78 is 0.949. The first kappa shape index (κ1) is 19.8. The second-order valence-electron chi connectivity index (χ2n) is 7.84. The molecule has 156 valence electrons. The van der Waals surface area contributed by atoms with Crippen LogP contribution >= 0.6 is 15.9 Å². The van der Waals surface area contributed by atoms with Crippen LogP contribution in [0.15, 0.2) is 114 Å². The Bertz CT molecular complexity index is 1630. The van der Waals surface area contributed by atoms with Crippen LogP contribution in [0.5, 0.6) is 0 Å². The smallest absolute Gasteiger partial charge is 0.165 e. The molecule has 0 atom stereocenters. The summed E-state index contributed by atoms with van der Waals surface area (Å²) in [6, 6.07) is 37.2. The Morgan fingerprint density at radius 2 is 1.03 bits per heavy atom. The maximum Gasteiger partial charge on any atom is 0.165 e. The highest BCUT2D eigenvalue weighted by Gasteiger charge is 2.16. The van der Waals surface area contributed by atoms with Gasteiger partial charge in [0.25, 0.3) is 0 Å². The molecule has 0 aliphatic heterocycles. The highest BCUT2D eigenvalue weighted by molar-refractivity contribution is 9.10. The Labute approximate surface area is 199 Å². The van der Waals surface area contributed by atoms with Crippen molar-refractivity contribution >= 4 is 37.5 Å². The fraction of sp³-hybridized carbons (Fsp3) is 0. The maximum absolute atomic E-state index is 4.96. The summed E-state index contributed by atoms with van der Waals surface area (Å²) in [5.41, 5.74) is 2.89. The molecule has 6 rings (SSSR count). The molecule has 1 heterocycles. The third-order valence-electron chi connectivity index (χ3n) is 5.79. The molecule has 0 aliphatic carbocycles. The van der Waals surface area contributed by atoms with Crippen LogP contribution in [0.1, 0.15) is 0 Å². The lowest BCUT2D eigenvalue weighted by Gasteiger charge is -2.12. The van der Waals surface area contributed by atoms with E-state index in [0.717, 1.165) is 31.9 Å². The number of nitrogens with zero attached hydrogens (tertiary/aromatic N) is 3. The van der Waals surface area contributed by atoms with Crippen molar-refractivity contribution in [2.45, 2.75) is 0 Å². The molecule has 3 nitrogen and oxygen atoms in total. The summed E-state index contributed by atoms with van der Waals surface area (Å²) >= 11 is 3.67. The van der Waals surface area contributed by atoms with Crippen LogP contribution in [0, 0.1) is 0 Å². The van der Waals surface area contributed by atoms with E-state index >= 15 is 0 Å². The molecule has 0 N–H and O–H groups in total. The van der Waals surface area contributed by atoms with Crippen molar-refractivity contribution in [1.82, 2.24) is 15.0 Å². The van der Waals surface area contributed by atoms with Gasteiger partial charge in [-0.2, -0.15) is 0 Å². The predicted molar refractivity (Wildman–Crippen MR) is 139 cm³/mol. The fourth-order valence-electron chi connectivity index (χ4n) is 4.21. The van der Waals surface area contributed by atoms with Crippen LogP contribution in [0.3, 0.4) is 0 Å². The molecular weight excluding hydrogens is 470 g/mol. The van der Waals surface area contributed by atoms with Gasteiger partial charge >= 0.3 is 0 Å². The largest absolute Gasteiger partial charge is 0.208 e. The van der Waals surface area contributed by atoms with Gasteiger partial charge in [0.05, 0.1) is 0 Å². The van der Waals surface area contributed by atoms with Crippen LogP contribution in [0.4, 0.5) is 0 Å². The summed E-state index contributed by atoms with van der Waals surface area (Å²) in [5.74, 6) is 1.96. The summed E-state index contributed by atoms with van der Waals surface area (Å²) in [6.07, 6.45) is 0. The lowest BCUT2D eigenvalue weighted by atomic mass is 9.97. The van der Waals surface area contributed by atoms with Gasteiger partial charge < -0.3 is 0 Å². The van der Waals surface area contributed by atoms with Crippen LogP contribution in [0.25, 0.3) is 55.7 Å². The molecule has 6 aromatic rings. The number of fused-ring (bicyclic) bond motifs is 3. The van der Waals surface area contributed by atoms with E-state index in [2.05, 4.69) is 70.5 Å². The molecule has 0 saturated carbocycles. The number of benzene rings is 5. The van der Waals surface area contributed by atoms with Crippen molar-refractivity contribution in [2.24, 2.45) is 0 Å². The number of hydrogen-bond donors (Lipinski definition) is 0.